The van der Waals surface area contributed by atoms with Crippen LogP contribution in [0, 0.1) is 5.82 Å². The lowest BCUT2D eigenvalue weighted by molar-refractivity contribution is 0.418. The van der Waals surface area contributed by atoms with Crippen LogP contribution >= 0.6 is 0 Å². The van der Waals surface area contributed by atoms with Crippen LogP contribution in [0.4, 0.5) is 10.2 Å². The van der Waals surface area contributed by atoms with Gasteiger partial charge in [0.15, 0.2) is 0 Å². The summed E-state index contributed by atoms with van der Waals surface area (Å²) in [6.07, 6.45) is 6.52. The first-order chi connectivity index (χ1) is 8.74. The SMILES string of the molecule is Nc1cnc(-c2ccc(C3CCC3)cc2F)cn1. The number of aromatic nitrogens is 2. The van der Waals surface area contributed by atoms with Crippen LogP contribution in [-0.2, 0) is 0 Å². The van der Waals surface area contributed by atoms with E-state index in [0.29, 0.717) is 23.0 Å². The van der Waals surface area contributed by atoms with E-state index in [1.807, 2.05) is 6.07 Å². The summed E-state index contributed by atoms with van der Waals surface area (Å²) in [5, 5.41) is 0. The lowest BCUT2D eigenvalue weighted by Gasteiger charge is -2.25. The van der Waals surface area contributed by atoms with Gasteiger partial charge in [-0.25, -0.2) is 9.37 Å². The summed E-state index contributed by atoms with van der Waals surface area (Å²) in [5.41, 5.74) is 7.55. The van der Waals surface area contributed by atoms with Crippen molar-refractivity contribution in [2.75, 3.05) is 5.73 Å². The first kappa shape index (κ1) is 11.1. The summed E-state index contributed by atoms with van der Waals surface area (Å²) in [7, 11) is 0. The molecule has 0 unspecified atom stereocenters. The number of rotatable bonds is 2. The Bertz CT molecular complexity index is 562. The lowest BCUT2D eigenvalue weighted by atomic mass is 9.80. The highest BCUT2D eigenvalue weighted by atomic mass is 19.1. The van der Waals surface area contributed by atoms with E-state index in [1.54, 1.807) is 12.1 Å². The van der Waals surface area contributed by atoms with Crippen LogP contribution in [-0.4, -0.2) is 9.97 Å². The Hall–Kier alpha value is -1.97. The lowest BCUT2D eigenvalue weighted by Crippen LogP contribution is -2.09. The van der Waals surface area contributed by atoms with Crippen molar-refractivity contribution in [2.24, 2.45) is 0 Å². The molecule has 1 aromatic heterocycles. The van der Waals surface area contributed by atoms with Gasteiger partial charge < -0.3 is 5.73 Å². The molecule has 18 heavy (non-hydrogen) atoms. The van der Waals surface area contributed by atoms with Crippen LogP contribution in [0.1, 0.15) is 30.7 Å². The third-order valence-electron chi connectivity index (χ3n) is 3.52. The van der Waals surface area contributed by atoms with E-state index in [0.717, 1.165) is 5.56 Å². The molecule has 3 rings (SSSR count). The van der Waals surface area contributed by atoms with Crippen molar-refractivity contribution in [3.8, 4) is 11.3 Å². The molecule has 1 aliphatic carbocycles. The Morgan fingerprint density at radius 1 is 1.17 bits per heavy atom. The third-order valence-corrected chi connectivity index (χ3v) is 3.52. The van der Waals surface area contributed by atoms with Gasteiger partial charge in [-0.3, -0.25) is 4.98 Å². The Morgan fingerprint density at radius 3 is 2.56 bits per heavy atom. The molecule has 0 aliphatic heterocycles. The normalized spacial score (nSPS) is 15.4. The van der Waals surface area contributed by atoms with Gasteiger partial charge in [0.25, 0.3) is 0 Å². The monoisotopic (exact) mass is 243 g/mol. The molecule has 1 saturated carbocycles. The van der Waals surface area contributed by atoms with E-state index >= 15 is 0 Å². The number of hydrogen-bond donors (Lipinski definition) is 1. The fourth-order valence-corrected chi connectivity index (χ4v) is 2.21. The van der Waals surface area contributed by atoms with Crippen LogP contribution in [0.2, 0.25) is 0 Å². The topological polar surface area (TPSA) is 51.8 Å². The number of benzene rings is 1. The average Bonchev–Trinajstić information content (AvgIpc) is 2.29. The molecule has 0 atom stereocenters. The molecule has 0 bridgehead atoms. The minimum Gasteiger partial charge on any atom is -0.382 e. The van der Waals surface area contributed by atoms with E-state index < -0.39 is 0 Å². The van der Waals surface area contributed by atoms with Crippen molar-refractivity contribution in [3.05, 3.63) is 42.0 Å². The number of nitrogens with two attached hydrogens (primary N) is 1. The van der Waals surface area contributed by atoms with Crippen molar-refractivity contribution in [2.45, 2.75) is 25.2 Å². The molecular formula is C14H14FN3. The number of nitrogens with zero attached hydrogens (tertiary/aromatic N) is 2. The first-order valence-electron chi connectivity index (χ1n) is 6.11. The van der Waals surface area contributed by atoms with E-state index in [-0.39, 0.29) is 5.82 Å². The summed E-state index contributed by atoms with van der Waals surface area (Å²) < 4.78 is 14.1. The van der Waals surface area contributed by atoms with Crippen molar-refractivity contribution < 1.29 is 4.39 Å². The molecule has 0 radical (unpaired) electrons. The second kappa shape index (κ2) is 4.37. The Labute approximate surface area is 105 Å². The summed E-state index contributed by atoms with van der Waals surface area (Å²) in [4.78, 5) is 8.02. The van der Waals surface area contributed by atoms with Gasteiger partial charge in [-0.1, -0.05) is 12.5 Å². The molecule has 2 N–H and O–H groups in total. The standard InChI is InChI=1S/C14H14FN3/c15-12-6-10(9-2-1-3-9)4-5-11(12)13-7-18-14(16)8-17-13/h4-9H,1-3H2,(H2,16,18). The molecule has 0 saturated heterocycles. The van der Waals surface area contributed by atoms with Gasteiger partial charge in [0.05, 0.1) is 18.1 Å². The number of nitrogen functional groups attached to an aromatic ring is 1. The number of hydrogen-bond acceptors (Lipinski definition) is 3. The molecule has 1 fully saturated rings. The zero-order valence-corrected chi connectivity index (χ0v) is 9.94. The van der Waals surface area contributed by atoms with Gasteiger partial charge in [0.2, 0.25) is 0 Å². The molecule has 1 aromatic carbocycles. The van der Waals surface area contributed by atoms with Crippen LogP contribution in [0.5, 0.6) is 0 Å². The molecule has 4 heteroatoms. The summed E-state index contributed by atoms with van der Waals surface area (Å²) in [5.74, 6) is 0.634. The predicted octanol–water partition coefficient (Wildman–Crippen LogP) is 3.13. The highest BCUT2D eigenvalue weighted by Crippen LogP contribution is 2.37. The van der Waals surface area contributed by atoms with Gasteiger partial charge in [0, 0.05) is 5.56 Å². The number of halogens is 1. The summed E-state index contributed by atoms with van der Waals surface area (Å²) in [6.45, 7) is 0. The number of anilines is 1. The minimum atomic E-state index is -0.238. The minimum absolute atomic E-state index is 0.238. The van der Waals surface area contributed by atoms with E-state index in [1.165, 1.54) is 31.7 Å². The van der Waals surface area contributed by atoms with Gasteiger partial charge in [0.1, 0.15) is 11.6 Å². The summed E-state index contributed by atoms with van der Waals surface area (Å²) >= 11 is 0. The average molecular weight is 243 g/mol. The molecule has 92 valence electrons. The highest BCUT2D eigenvalue weighted by Gasteiger charge is 2.20. The highest BCUT2D eigenvalue weighted by molar-refractivity contribution is 5.60. The molecule has 3 nitrogen and oxygen atoms in total. The van der Waals surface area contributed by atoms with Crippen molar-refractivity contribution in [1.29, 1.82) is 0 Å². The van der Waals surface area contributed by atoms with Gasteiger partial charge in [-0.05, 0) is 36.5 Å². The van der Waals surface area contributed by atoms with Crippen LogP contribution < -0.4 is 5.73 Å². The molecule has 0 spiro atoms. The Kier molecular flexibility index (Phi) is 2.70. The Morgan fingerprint density at radius 2 is 2.00 bits per heavy atom. The maximum Gasteiger partial charge on any atom is 0.141 e. The second-order valence-electron chi connectivity index (χ2n) is 4.69. The zero-order valence-electron chi connectivity index (χ0n) is 9.94. The van der Waals surface area contributed by atoms with Crippen LogP contribution in [0.25, 0.3) is 11.3 Å². The molecule has 0 amide bonds. The van der Waals surface area contributed by atoms with Crippen molar-refractivity contribution in [1.82, 2.24) is 9.97 Å². The second-order valence-corrected chi connectivity index (χ2v) is 4.69. The van der Waals surface area contributed by atoms with Gasteiger partial charge >= 0.3 is 0 Å². The van der Waals surface area contributed by atoms with Gasteiger partial charge in [-0.15, -0.1) is 0 Å². The molecule has 2 aromatic rings. The van der Waals surface area contributed by atoms with Crippen molar-refractivity contribution in [3.63, 3.8) is 0 Å². The van der Waals surface area contributed by atoms with Crippen LogP contribution in [0.3, 0.4) is 0 Å². The fraction of sp³-hybridized carbons (Fsp3) is 0.286. The fourth-order valence-electron chi connectivity index (χ4n) is 2.21. The quantitative estimate of drug-likeness (QED) is 0.881. The van der Waals surface area contributed by atoms with Crippen LogP contribution in [0.15, 0.2) is 30.6 Å². The largest absolute Gasteiger partial charge is 0.382 e. The van der Waals surface area contributed by atoms with E-state index in [2.05, 4.69) is 9.97 Å². The van der Waals surface area contributed by atoms with Gasteiger partial charge in [-0.2, -0.15) is 0 Å². The van der Waals surface area contributed by atoms with E-state index in [9.17, 15) is 4.39 Å². The molecular weight excluding hydrogens is 229 g/mol. The first-order valence-corrected chi connectivity index (χ1v) is 6.11. The molecule has 1 heterocycles. The molecule has 1 aliphatic rings. The maximum atomic E-state index is 14.1. The Balaban J connectivity index is 1.95. The predicted molar refractivity (Wildman–Crippen MR) is 68.4 cm³/mol. The smallest absolute Gasteiger partial charge is 0.141 e. The third kappa shape index (κ3) is 1.94. The van der Waals surface area contributed by atoms with E-state index in [4.69, 9.17) is 5.73 Å². The summed E-state index contributed by atoms with van der Waals surface area (Å²) in [6, 6.07) is 5.39. The maximum absolute atomic E-state index is 14.1. The van der Waals surface area contributed by atoms with Crippen molar-refractivity contribution >= 4 is 5.82 Å². The zero-order chi connectivity index (χ0) is 12.5.